The summed E-state index contributed by atoms with van der Waals surface area (Å²) in [4.78, 5) is 10.9. The Hall–Kier alpha value is -1.71. The van der Waals surface area contributed by atoms with E-state index in [-0.39, 0.29) is 5.91 Å². The van der Waals surface area contributed by atoms with Crippen LogP contribution in [0.4, 0.5) is 17.1 Å². The number of benzene rings is 1. The molecule has 4 nitrogen and oxygen atoms in total. The molecule has 1 aromatic carbocycles. The standard InChI is InChI=1S/C8H9N3O.C2H6/c9-5-1-4-2-8(12)11-7(4)3-6(5)10;1-2/h1,3H,2,9-10H2,(H,11,12);1-2H3. The molecular formula is C10H15N3O. The van der Waals surface area contributed by atoms with Crippen molar-refractivity contribution in [2.45, 2.75) is 20.3 Å². The van der Waals surface area contributed by atoms with Crippen LogP contribution in [0.15, 0.2) is 12.1 Å². The molecule has 1 aliphatic heterocycles. The Morgan fingerprint density at radius 1 is 1.21 bits per heavy atom. The minimum atomic E-state index is -0.00463. The van der Waals surface area contributed by atoms with E-state index in [0.29, 0.717) is 17.8 Å². The van der Waals surface area contributed by atoms with E-state index < -0.39 is 0 Å². The maximum absolute atomic E-state index is 10.9. The molecule has 0 aromatic heterocycles. The Morgan fingerprint density at radius 3 is 2.43 bits per heavy atom. The first kappa shape index (κ1) is 10.4. The number of hydrogen-bond donors (Lipinski definition) is 3. The van der Waals surface area contributed by atoms with Crippen molar-refractivity contribution in [2.75, 3.05) is 16.8 Å². The lowest BCUT2D eigenvalue weighted by molar-refractivity contribution is -0.115. The van der Waals surface area contributed by atoms with Gasteiger partial charge in [0.2, 0.25) is 5.91 Å². The third-order valence-corrected chi connectivity index (χ3v) is 1.93. The molecule has 0 bridgehead atoms. The number of hydrogen-bond acceptors (Lipinski definition) is 3. The van der Waals surface area contributed by atoms with Gasteiger partial charge < -0.3 is 16.8 Å². The summed E-state index contributed by atoms with van der Waals surface area (Å²) >= 11 is 0. The topological polar surface area (TPSA) is 81.1 Å². The highest BCUT2D eigenvalue weighted by atomic mass is 16.1. The van der Waals surface area contributed by atoms with Crippen LogP contribution in [0.25, 0.3) is 0 Å². The molecule has 1 amide bonds. The predicted molar refractivity (Wildman–Crippen MR) is 58.9 cm³/mol. The number of rotatable bonds is 0. The quantitative estimate of drug-likeness (QED) is 0.544. The first-order valence-electron chi connectivity index (χ1n) is 4.64. The molecule has 0 atom stereocenters. The second-order valence-electron chi connectivity index (χ2n) is 2.86. The lowest BCUT2D eigenvalue weighted by atomic mass is 10.1. The summed E-state index contributed by atoms with van der Waals surface area (Å²) in [6, 6.07) is 3.43. The van der Waals surface area contributed by atoms with Crippen molar-refractivity contribution < 1.29 is 4.79 Å². The summed E-state index contributed by atoms with van der Waals surface area (Å²) in [6.07, 6.45) is 0.403. The van der Waals surface area contributed by atoms with Gasteiger partial charge in [0, 0.05) is 5.69 Å². The van der Waals surface area contributed by atoms with Gasteiger partial charge in [0.1, 0.15) is 0 Å². The van der Waals surface area contributed by atoms with Crippen LogP contribution < -0.4 is 16.8 Å². The Kier molecular flexibility index (Phi) is 2.96. The largest absolute Gasteiger partial charge is 0.397 e. The molecule has 0 aliphatic carbocycles. The molecule has 0 fully saturated rings. The van der Waals surface area contributed by atoms with Gasteiger partial charge in [-0.05, 0) is 17.7 Å². The maximum Gasteiger partial charge on any atom is 0.228 e. The van der Waals surface area contributed by atoms with Crippen LogP contribution in [0.3, 0.4) is 0 Å². The van der Waals surface area contributed by atoms with Crippen molar-refractivity contribution in [3.8, 4) is 0 Å². The van der Waals surface area contributed by atoms with Gasteiger partial charge in [0.15, 0.2) is 0 Å². The van der Waals surface area contributed by atoms with Crippen LogP contribution >= 0.6 is 0 Å². The van der Waals surface area contributed by atoms with E-state index in [0.717, 1.165) is 11.3 Å². The molecule has 5 N–H and O–H groups in total. The Bertz CT molecular complexity index is 328. The van der Waals surface area contributed by atoms with E-state index in [2.05, 4.69) is 5.32 Å². The summed E-state index contributed by atoms with van der Waals surface area (Å²) in [5.41, 5.74) is 13.9. The molecule has 0 spiro atoms. The fraction of sp³-hybridized carbons (Fsp3) is 0.300. The average molecular weight is 193 g/mol. The Balaban J connectivity index is 0.000000461. The zero-order chi connectivity index (χ0) is 10.7. The molecule has 0 radical (unpaired) electrons. The second kappa shape index (κ2) is 4.00. The number of nitrogens with two attached hydrogens (primary N) is 2. The van der Waals surface area contributed by atoms with Crippen molar-refractivity contribution in [3.05, 3.63) is 17.7 Å². The van der Waals surface area contributed by atoms with Crippen LogP contribution in [0.1, 0.15) is 19.4 Å². The summed E-state index contributed by atoms with van der Waals surface area (Å²) in [6.45, 7) is 4.00. The van der Waals surface area contributed by atoms with Crippen LogP contribution in [0.5, 0.6) is 0 Å². The van der Waals surface area contributed by atoms with Crippen LogP contribution in [-0.4, -0.2) is 5.91 Å². The van der Waals surface area contributed by atoms with Gasteiger partial charge in [-0.2, -0.15) is 0 Å². The molecule has 0 saturated heterocycles. The van der Waals surface area contributed by atoms with Gasteiger partial charge >= 0.3 is 0 Å². The first-order valence-corrected chi connectivity index (χ1v) is 4.64. The van der Waals surface area contributed by atoms with Crippen molar-refractivity contribution in [2.24, 2.45) is 0 Å². The van der Waals surface area contributed by atoms with Gasteiger partial charge in [-0.25, -0.2) is 0 Å². The fourth-order valence-electron chi connectivity index (χ4n) is 1.31. The van der Waals surface area contributed by atoms with E-state index in [9.17, 15) is 4.79 Å². The highest BCUT2D eigenvalue weighted by Crippen LogP contribution is 2.29. The number of carbonyl (C=O) groups is 1. The van der Waals surface area contributed by atoms with E-state index in [1.54, 1.807) is 12.1 Å². The molecule has 0 unspecified atom stereocenters. The van der Waals surface area contributed by atoms with Crippen molar-refractivity contribution >= 4 is 23.0 Å². The molecule has 2 rings (SSSR count). The number of fused-ring (bicyclic) bond motifs is 1. The summed E-state index contributed by atoms with van der Waals surface area (Å²) in [5, 5.41) is 2.69. The molecule has 14 heavy (non-hydrogen) atoms. The monoisotopic (exact) mass is 193 g/mol. The van der Waals surface area contributed by atoms with Crippen LogP contribution in [0, 0.1) is 0 Å². The number of carbonyl (C=O) groups excluding carboxylic acids is 1. The Labute approximate surface area is 83.3 Å². The molecule has 76 valence electrons. The minimum Gasteiger partial charge on any atom is -0.397 e. The number of nitrogen functional groups attached to an aromatic ring is 2. The minimum absolute atomic E-state index is 0.00463. The first-order chi connectivity index (χ1) is 6.66. The van der Waals surface area contributed by atoms with Gasteiger partial charge in [0.05, 0.1) is 17.8 Å². The zero-order valence-electron chi connectivity index (χ0n) is 8.42. The smallest absolute Gasteiger partial charge is 0.228 e. The second-order valence-corrected chi connectivity index (χ2v) is 2.86. The Morgan fingerprint density at radius 2 is 1.79 bits per heavy atom. The summed E-state index contributed by atoms with van der Waals surface area (Å²) < 4.78 is 0. The highest BCUT2D eigenvalue weighted by Gasteiger charge is 2.18. The van der Waals surface area contributed by atoms with Crippen LogP contribution in [0.2, 0.25) is 0 Å². The molecule has 1 heterocycles. The summed E-state index contributed by atoms with van der Waals surface area (Å²) in [5.74, 6) is -0.00463. The van der Waals surface area contributed by atoms with Gasteiger partial charge in [-0.3, -0.25) is 4.79 Å². The van der Waals surface area contributed by atoms with Gasteiger partial charge in [-0.1, -0.05) is 13.8 Å². The molecule has 4 heteroatoms. The molecule has 1 aliphatic rings. The SMILES string of the molecule is CC.Nc1cc2c(cc1N)NC(=O)C2. The van der Waals surface area contributed by atoms with E-state index >= 15 is 0 Å². The lowest BCUT2D eigenvalue weighted by Gasteiger charge is -2.02. The van der Waals surface area contributed by atoms with Crippen molar-refractivity contribution in [3.63, 3.8) is 0 Å². The lowest BCUT2D eigenvalue weighted by Crippen LogP contribution is -2.03. The maximum atomic E-state index is 10.9. The number of nitrogens with one attached hydrogen (secondary N) is 1. The third-order valence-electron chi connectivity index (χ3n) is 1.93. The normalized spacial score (nSPS) is 12.6. The van der Waals surface area contributed by atoms with E-state index in [1.807, 2.05) is 13.8 Å². The third kappa shape index (κ3) is 1.79. The van der Waals surface area contributed by atoms with Gasteiger partial charge in [-0.15, -0.1) is 0 Å². The van der Waals surface area contributed by atoms with Gasteiger partial charge in [0.25, 0.3) is 0 Å². The van der Waals surface area contributed by atoms with Crippen LogP contribution in [-0.2, 0) is 11.2 Å². The number of anilines is 3. The highest BCUT2D eigenvalue weighted by molar-refractivity contribution is 6.00. The molecule has 1 aromatic rings. The molecular weight excluding hydrogens is 178 g/mol. The van der Waals surface area contributed by atoms with Crippen molar-refractivity contribution in [1.29, 1.82) is 0 Å². The van der Waals surface area contributed by atoms with Crippen molar-refractivity contribution in [1.82, 2.24) is 0 Å². The predicted octanol–water partition coefficient (Wildman–Crippen LogP) is 1.37. The molecule has 0 saturated carbocycles. The summed E-state index contributed by atoms with van der Waals surface area (Å²) in [7, 11) is 0. The zero-order valence-corrected chi connectivity index (χ0v) is 8.42. The van der Waals surface area contributed by atoms with E-state index in [1.165, 1.54) is 0 Å². The fourth-order valence-corrected chi connectivity index (χ4v) is 1.31. The van der Waals surface area contributed by atoms with E-state index in [4.69, 9.17) is 11.5 Å². The number of amides is 1. The average Bonchev–Trinajstić information content (AvgIpc) is 2.49.